The number of halogens is 1. The lowest BCUT2D eigenvalue weighted by atomic mass is 9.97. The van der Waals surface area contributed by atoms with Crippen molar-refractivity contribution in [2.24, 2.45) is 11.8 Å². The maximum absolute atomic E-state index is 12.4. The molecule has 104 valence electrons. The highest BCUT2D eigenvalue weighted by Gasteiger charge is 2.31. The van der Waals surface area contributed by atoms with Crippen molar-refractivity contribution < 1.29 is 4.79 Å². The lowest BCUT2D eigenvalue weighted by molar-refractivity contribution is 0.0928. The number of rotatable bonds is 3. The third-order valence-electron chi connectivity index (χ3n) is 4.28. The first-order valence-corrected chi connectivity index (χ1v) is 7.19. The standard InChI is InChI=1S/C15H21ClN2O/c1-9-4-6-13(10(9)2)18-15(19)12-8-11(16)5-7-14(12)17-3/h5,7-10,13,17H,4,6H2,1-3H3,(H,18,19). The number of anilines is 1. The molecule has 1 aliphatic rings. The second-order valence-corrected chi connectivity index (χ2v) is 5.87. The summed E-state index contributed by atoms with van der Waals surface area (Å²) in [5.74, 6) is 1.16. The molecule has 1 aliphatic carbocycles. The van der Waals surface area contributed by atoms with Gasteiger partial charge in [0.15, 0.2) is 0 Å². The van der Waals surface area contributed by atoms with Crippen LogP contribution in [0.2, 0.25) is 5.02 Å². The van der Waals surface area contributed by atoms with Crippen LogP contribution in [0, 0.1) is 11.8 Å². The van der Waals surface area contributed by atoms with Gasteiger partial charge in [0.05, 0.1) is 5.56 Å². The van der Waals surface area contributed by atoms with E-state index in [0.29, 0.717) is 22.4 Å². The molecule has 2 rings (SSSR count). The van der Waals surface area contributed by atoms with Crippen LogP contribution in [-0.4, -0.2) is 19.0 Å². The smallest absolute Gasteiger partial charge is 0.253 e. The second-order valence-electron chi connectivity index (χ2n) is 5.43. The fraction of sp³-hybridized carbons (Fsp3) is 0.533. The first kappa shape index (κ1) is 14.2. The van der Waals surface area contributed by atoms with Crippen LogP contribution in [0.5, 0.6) is 0 Å². The SMILES string of the molecule is CNc1ccc(Cl)cc1C(=O)NC1CCC(C)C1C. The summed E-state index contributed by atoms with van der Waals surface area (Å²) in [5, 5.41) is 6.75. The van der Waals surface area contributed by atoms with Gasteiger partial charge in [0, 0.05) is 23.8 Å². The summed E-state index contributed by atoms with van der Waals surface area (Å²) < 4.78 is 0. The largest absolute Gasteiger partial charge is 0.387 e. The molecule has 3 atom stereocenters. The lowest BCUT2D eigenvalue weighted by Crippen LogP contribution is -2.37. The molecule has 0 aliphatic heterocycles. The molecular weight excluding hydrogens is 260 g/mol. The third kappa shape index (κ3) is 3.03. The summed E-state index contributed by atoms with van der Waals surface area (Å²) in [7, 11) is 1.81. The van der Waals surface area contributed by atoms with E-state index in [1.165, 1.54) is 6.42 Å². The summed E-state index contributed by atoms with van der Waals surface area (Å²) in [6, 6.07) is 5.60. The normalized spacial score (nSPS) is 26.2. The minimum atomic E-state index is -0.0437. The highest BCUT2D eigenvalue weighted by Crippen LogP contribution is 2.31. The van der Waals surface area contributed by atoms with Gasteiger partial charge in [-0.25, -0.2) is 0 Å². The molecule has 0 bridgehead atoms. The first-order chi connectivity index (χ1) is 9.02. The van der Waals surface area contributed by atoms with E-state index in [0.717, 1.165) is 12.1 Å². The number of hydrogen-bond donors (Lipinski definition) is 2. The molecule has 0 aromatic heterocycles. The molecule has 1 aromatic carbocycles. The quantitative estimate of drug-likeness (QED) is 0.889. The van der Waals surface area contributed by atoms with E-state index in [1.807, 2.05) is 6.07 Å². The van der Waals surface area contributed by atoms with Gasteiger partial charge in [-0.1, -0.05) is 25.4 Å². The van der Waals surface area contributed by atoms with Gasteiger partial charge >= 0.3 is 0 Å². The van der Waals surface area contributed by atoms with Gasteiger partial charge in [-0.15, -0.1) is 0 Å². The van der Waals surface area contributed by atoms with E-state index in [-0.39, 0.29) is 11.9 Å². The van der Waals surface area contributed by atoms with Gasteiger partial charge in [-0.2, -0.15) is 0 Å². The topological polar surface area (TPSA) is 41.1 Å². The fourth-order valence-corrected chi connectivity index (χ4v) is 2.91. The molecule has 0 heterocycles. The summed E-state index contributed by atoms with van der Waals surface area (Å²) in [6.07, 6.45) is 2.24. The molecule has 1 saturated carbocycles. The van der Waals surface area contributed by atoms with E-state index in [2.05, 4.69) is 24.5 Å². The molecule has 0 radical (unpaired) electrons. The Hall–Kier alpha value is -1.22. The monoisotopic (exact) mass is 280 g/mol. The van der Waals surface area contributed by atoms with Gasteiger partial charge in [0.25, 0.3) is 5.91 Å². The maximum Gasteiger partial charge on any atom is 0.253 e. The van der Waals surface area contributed by atoms with E-state index in [1.54, 1.807) is 19.2 Å². The summed E-state index contributed by atoms with van der Waals surface area (Å²) in [6.45, 7) is 4.45. The van der Waals surface area contributed by atoms with Gasteiger partial charge < -0.3 is 10.6 Å². The van der Waals surface area contributed by atoms with Crippen LogP contribution in [0.15, 0.2) is 18.2 Å². The molecule has 2 N–H and O–H groups in total. The minimum absolute atomic E-state index is 0.0437. The number of amides is 1. The predicted octanol–water partition coefficient (Wildman–Crippen LogP) is 3.55. The Balaban J connectivity index is 2.14. The Labute approximate surface area is 119 Å². The average molecular weight is 281 g/mol. The molecule has 0 spiro atoms. The van der Waals surface area contributed by atoms with E-state index >= 15 is 0 Å². The summed E-state index contributed by atoms with van der Waals surface area (Å²) in [5.41, 5.74) is 1.42. The van der Waals surface area contributed by atoms with Crippen molar-refractivity contribution in [1.29, 1.82) is 0 Å². The highest BCUT2D eigenvalue weighted by atomic mass is 35.5. The van der Waals surface area contributed by atoms with Crippen molar-refractivity contribution in [1.82, 2.24) is 5.32 Å². The Morgan fingerprint density at radius 2 is 2.05 bits per heavy atom. The van der Waals surface area contributed by atoms with Gasteiger partial charge in [0.1, 0.15) is 0 Å². The highest BCUT2D eigenvalue weighted by molar-refractivity contribution is 6.31. The molecule has 1 amide bonds. The summed E-state index contributed by atoms with van der Waals surface area (Å²) in [4.78, 5) is 12.4. The molecule has 4 heteroatoms. The van der Waals surface area contributed by atoms with Crippen LogP contribution in [0.25, 0.3) is 0 Å². The molecule has 3 nitrogen and oxygen atoms in total. The maximum atomic E-state index is 12.4. The van der Waals surface area contributed by atoms with Crippen molar-refractivity contribution in [3.63, 3.8) is 0 Å². The molecular formula is C15H21ClN2O. The predicted molar refractivity (Wildman–Crippen MR) is 79.8 cm³/mol. The number of nitrogens with one attached hydrogen (secondary N) is 2. The van der Waals surface area contributed by atoms with E-state index < -0.39 is 0 Å². The molecule has 19 heavy (non-hydrogen) atoms. The Morgan fingerprint density at radius 3 is 2.63 bits per heavy atom. The number of benzene rings is 1. The number of carbonyl (C=O) groups is 1. The molecule has 3 unspecified atom stereocenters. The molecule has 1 fully saturated rings. The second kappa shape index (κ2) is 5.83. The van der Waals surface area contributed by atoms with Crippen molar-refractivity contribution in [3.05, 3.63) is 28.8 Å². The minimum Gasteiger partial charge on any atom is -0.387 e. The van der Waals surface area contributed by atoms with Crippen LogP contribution in [0.4, 0.5) is 5.69 Å². The fourth-order valence-electron chi connectivity index (χ4n) is 2.74. The van der Waals surface area contributed by atoms with Crippen LogP contribution in [-0.2, 0) is 0 Å². The van der Waals surface area contributed by atoms with Crippen molar-refractivity contribution in [2.45, 2.75) is 32.7 Å². The van der Waals surface area contributed by atoms with Gasteiger partial charge in [-0.3, -0.25) is 4.79 Å². The van der Waals surface area contributed by atoms with Crippen LogP contribution >= 0.6 is 11.6 Å². The Bertz CT molecular complexity index is 475. The number of hydrogen-bond acceptors (Lipinski definition) is 2. The lowest BCUT2D eigenvalue weighted by Gasteiger charge is -2.20. The first-order valence-electron chi connectivity index (χ1n) is 6.81. The Kier molecular flexibility index (Phi) is 4.35. The molecule has 0 saturated heterocycles. The zero-order chi connectivity index (χ0) is 14.0. The Morgan fingerprint density at radius 1 is 1.32 bits per heavy atom. The van der Waals surface area contributed by atoms with E-state index in [9.17, 15) is 4.79 Å². The van der Waals surface area contributed by atoms with Gasteiger partial charge in [-0.05, 0) is 42.9 Å². The van der Waals surface area contributed by atoms with Crippen molar-refractivity contribution in [2.75, 3.05) is 12.4 Å². The van der Waals surface area contributed by atoms with Crippen molar-refractivity contribution >= 4 is 23.2 Å². The van der Waals surface area contributed by atoms with Crippen LogP contribution < -0.4 is 10.6 Å². The number of carbonyl (C=O) groups excluding carboxylic acids is 1. The van der Waals surface area contributed by atoms with E-state index in [4.69, 9.17) is 11.6 Å². The van der Waals surface area contributed by atoms with Crippen molar-refractivity contribution in [3.8, 4) is 0 Å². The molecule has 1 aromatic rings. The van der Waals surface area contributed by atoms with Crippen LogP contribution in [0.1, 0.15) is 37.0 Å². The van der Waals surface area contributed by atoms with Gasteiger partial charge in [0.2, 0.25) is 0 Å². The zero-order valence-corrected chi connectivity index (χ0v) is 12.4. The van der Waals surface area contributed by atoms with Crippen LogP contribution in [0.3, 0.4) is 0 Å². The third-order valence-corrected chi connectivity index (χ3v) is 4.51. The zero-order valence-electron chi connectivity index (χ0n) is 11.7. The average Bonchev–Trinajstić information content (AvgIpc) is 2.70. The summed E-state index contributed by atoms with van der Waals surface area (Å²) >= 11 is 5.98.